The van der Waals surface area contributed by atoms with Crippen LogP contribution in [0.3, 0.4) is 0 Å². The van der Waals surface area contributed by atoms with E-state index in [4.69, 9.17) is 10.8 Å². The van der Waals surface area contributed by atoms with E-state index in [1.165, 1.54) is 5.56 Å². The lowest BCUT2D eigenvalue weighted by Gasteiger charge is -2.04. The standard InChI is InChI=1S/C11H13NO2/c12-10(11(13)14)9-6-8(9)7-4-2-1-3-5-7/h1-5,8-10H,6,12H2,(H,13,14)/t8-,9+,10+/m0/s1. The molecule has 0 aromatic heterocycles. The van der Waals surface area contributed by atoms with Gasteiger partial charge in [-0.2, -0.15) is 0 Å². The van der Waals surface area contributed by atoms with Crippen molar-refractivity contribution in [3.05, 3.63) is 35.9 Å². The minimum atomic E-state index is -0.895. The van der Waals surface area contributed by atoms with Crippen molar-refractivity contribution in [1.82, 2.24) is 0 Å². The fraction of sp³-hybridized carbons (Fsp3) is 0.364. The van der Waals surface area contributed by atoms with Crippen molar-refractivity contribution in [3.8, 4) is 0 Å². The van der Waals surface area contributed by atoms with Crippen LogP contribution in [0.15, 0.2) is 30.3 Å². The number of benzene rings is 1. The molecular weight excluding hydrogens is 178 g/mol. The largest absolute Gasteiger partial charge is 0.480 e. The zero-order valence-corrected chi connectivity index (χ0v) is 7.76. The minimum absolute atomic E-state index is 0.120. The number of carboxylic acids is 1. The fourth-order valence-electron chi connectivity index (χ4n) is 1.88. The van der Waals surface area contributed by atoms with Crippen molar-refractivity contribution >= 4 is 5.97 Å². The van der Waals surface area contributed by atoms with Gasteiger partial charge in [0.05, 0.1) is 0 Å². The average Bonchev–Trinajstić information content (AvgIpc) is 2.97. The van der Waals surface area contributed by atoms with Gasteiger partial charge in [-0.1, -0.05) is 30.3 Å². The van der Waals surface area contributed by atoms with Crippen LogP contribution >= 0.6 is 0 Å². The molecule has 0 amide bonds. The Balaban J connectivity index is 2.03. The van der Waals surface area contributed by atoms with Crippen LogP contribution in [0.4, 0.5) is 0 Å². The number of carbonyl (C=O) groups is 1. The summed E-state index contributed by atoms with van der Waals surface area (Å²) in [6, 6.07) is 9.24. The third-order valence-corrected chi connectivity index (χ3v) is 2.81. The molecule has 1 fully saturated rings. The molecule has 0 unspecified atom stereocenters. The van der Waals surface area contributed by atoms with Crippen molar-refractivity contribution in [2.75, 3.05) is 0 Å². The lowest BCUT2D eigenvalue weighted by Crippen LogP contribution is -2.32. The normalized spacial score (nSPS) is 26.9. The van der Waals surface area contributed by atoms with Gasteiger partial charge in [0.15, 0.2) is 0 Å². The van der Waals surface area contributed by atoms with Gasteiger partial charge in [0.25, 0.3) is 0 Å². The predicted molar refractivity (Wildman–Crippen MR) is 52.9 cm³/mol. The Hall–Kier alpha value is -1.35. The molecule has 1 aliphatic carbocycles. The van der Waals surface area contributed by atoms with Gasteiger partial charge >= 0.3 is 5.97 Å². The molecule has 3 N–H and O–H groups in total. The second-order valence-corrected chi connectivity index (χ2v) is 3.78. The summed E-state index contributed by atoms with van der Waals surface area (Å²) in [6.45, 7) is 0. The summed E-state index contributed by atoms with van der Waals surface area (Å²) in [6.07, 6.45) is 0.900. The lowest BCUT2D eigenvalue weighted by atomic mass is 10.1. The summed E-state index contributed by atoms with van der Waals surface area (Å²) in [5.74, 6) is -0.425. The van der Waals surface area contributed by atoms with E-state index < -0.39 is 12.0 Å². The van der Waals surface area contributed by atoms with Gasteiger partial charge < -0.3 is 10.8 Å². The SMILES string of the molecule is N[C@@H](C(=O)O)[C@@H]1C[C@H]1c1ccccc1. The van der Waals surface area contributed by atoms with Gasteiger partial charge in [0.1, 0.15) is 6.04 Å². The highest BCUT2D eigenvalue weighted by atomic mass is 16.4. The molecule has 0 heterocycles. The van der Waals surface area contributed by atoms with Gasteiger partial charge in [-0.3, -0.25) is 4.79 Å². The third kappa shape index (κ3) is 1.63. The van der Waals surface area contributed by atoms with E-state index in [-0.39, 0.29) is 5.92 Å². The topological polar surface area (TPSA) is 63.3 Å². The molecule has 0 aliphatic heterocycles. The summed E-state index contributed by atoms with van der Waals surface area (Å²) in [5, 5.41) is 8.73. The first-order valence-electron chi connectivity index (χ1n) is 4.73. The van der Waals surface area contributed by atoms with Crippen LogP contribution < -0.4 is 5.73 Å². The van der Waals surface area contributed by atoms with Crippen LogP contribution in [0.25, 0.3) is 0 Å². The number of nitrogens with two attached hydrogens (primary N) is 1. The first-order valence-corrected chi connectivity index (χ1v) is 4.73. The molecule has 3 atom stereocenters. The summed E-state index contributed by atoms with van der Waals surface area (Å²) >= 11 is 0. The van der Waals surface area contributed by atoms with Crippen LogP contribution in [-0.2, 0) is 4.79 Å². The average molecular weight is 191 g/mol. The molecule has 1 saturated carbocycles. The zero-order chi connectivity index (χ0) is 10.1. The second kappa shape index (κ2) is 3.42. The van der Waals surface area contributed by atoms with Gasteiger partial charge in [-0.25, -0.2) is 0 Å². The molecular formula is C11H13NO2. The highest BCUT2D eigenvalue weighted by molar-refractivity contribution is 5.74. The summed E-state index contributed by atoms with van der Waals surface area (Å²) in [5.41, 5.74) is 6.75. The Labute approximate surface area is 82.5 Å². The molecule has 3 nitrogen and oxygen atoms in total. The van der Waals surface area contributed by atoms with Crippen molar-refractivity contribution in [3.63, 3.8) is 0 Å². The summed E-state index contributed by atoms with van der Waals surface area (Å²) in [4.78, 5) is 10.6. The molecule has 1 aromatic rings. The molecule has 0 saturated heterocycles. The predicted octanol–water partition coefficient (Wildman–Crippen LogP) is 1.20. The van der Waals surface area contributed by atoms with E-state index >= 15 is 0 Å². The van der Waals surface area contributed by atoms with Crippen LogP contribution in [0.1, 0.15) is 17.9 Å². The van der Waals surface area contributed by atoms with Crippen molar-refractivity contribution < 1.29 is 9.90 Å². The highest BCUT2D eigenvalue weighted by Crippen LogP contribution is 2.48. The van der Waals surface area contributed by atoms with Crippen LogP contribution in [0.5, 0.6) is 0 Å². The van der Waals surface area contributed by atoms with Gasteiger partial charge in [-0.15, -0.1) is 0 Å². The highest BCUT2D eigenvalue weighted by Gasteiger charge is 2.45. The van der Waals surface area contributed by atoms with E-state index in [0.29, 0.717) is 5.92 Å². The maximum atomic E-state index is 10.6. The van der Waals surface area contributed by atoms with E-state index in [1.807, 2.05) is 30.3 Å². The van der Waals surface area contributed by atoms with Gasteiger partial charge in [0, 0.05) is 0 Å². The quantitative estimate of drug-likeness (QED) is 0.754. The van der Waals surface area contributed by atoms with Crippen molar-refractivity contribution in [2.24, 2.45) is 11.7 Å². The van der Waals surface area contributed by atoms with Crippen LogP contribution in [0.2, 0.25) is 0 Å². The van der Waals surface area contributed by atoms with Gasteiger partial charge in [-0.05, 0) is 23.8 Å². The number of carboxylic acid groups (broad SMARTS) is 1. The van der Waals surface area contributed by atoms with E-state index in [9.17, 15) is 4.79 Å². The van der Waals surface area contributed by atoms with Crippen LogP contribution in [-0.4, -0.2) is 17.1 Å². The second-order valence-electron chi connectivity index (χ2n) is 3.78. The molecule has 1 aliphatic rings. The van der Waals surface area contributed by atoms with E-state index in [2.05, 4.69) is 0 Å². The minimum Gasteiger partial charge on any atom is -0.480 e. The first-order chi connectivity index (χ1) is 6.70. The number of rotatable bonds is 3. The van der Waals surface area contributed by atoms with Crippen molar-refractivity contribution in [2.45, 2.75) is 18.4 Å². The summed E-state index contributed by atoms with van der Waals surface area (Å²) < 4.78 is 0. The van der Waals surface area contributed by atoms with Crippen molar-refractivity contribution in [1.29, 1.82) is 0 Å². The molecule has 1 aromatic carbocycles. The molecule has 14 heavy (non-hydrogen) atoms. The molecule has 0 spiro atoms. The molecule has 2 rings (SSSR count). The Bertz CT molecular complexity index is 336. The maximum absolute atomic E-state index is 10.6. The fourth-order valence-corrected chi connectivity index (χ4v) is 1.88. The molecule has 74 valence electrons. The molecule has 0 radical (unpaired) electrons. The van der Waals surface area contributed by atoms with E-state index in [1.54, 1.807) is 0 Å². The van der Waals surface area contributed by atoms with Crippen LogP contribution in [0, 0.1) is 5.92 Å². The maximum Gasteiger partial charge on any atom is 0.320 e. The zero-order valence-electron chi connectivity index (χ0n) is 7.76. The smallest absolute Gasteiger partial charge is 0.320 e. The molecule has 3 heteroatoms. The Morgan fingerprint density at radius 3 is 2.64 bits per heavy atom. The molecule has 0 bridgehead atoms. The third-order valence-electron chi connectivity index (χ3n) is 2.81. The Morgan fingerprint density at radius 2 is 2.07 bits per heavy atom. The van der Waals surface area contributed by atoms with Gasteiger partial charge in [0.2, 0.25) is 0 Å². The monoisotopic (exact) mass is 191 g/mol. The lowest BCUT2D eigenvalue weighted by molar-refractivity contribution is -0.139. The number of hydrogen-bond acceptors (Lipinski definition) is 2. The van der Waals surface area contributed by atoms with E-state index in [0.717, 1.165) is 6.42 Å². The number of aliphatic carboxylic acids is 1. The number of hydrogen-bond donors (Lipinski definition) is 2. The Kier molecular flexibility index (Phi) is 2.25. The summed E-state index contributed by atoms with van der Waals surface area (Å²) in [7, 11) is 0. The first kappa shape index (κ1) is 9.21. The Morgan fingerprint density at radius 1 is 1.43 bits per heavy atom.